The minimum atomic E-state index is -3.81. The fraction of sp³-hybridized carbons (Fsp3) is 0.294. The molecule has 140 valence electrons. The predicted octanol–water partition coefficient (Wildman–Crippen LogP) is 1.22. The Morgan fingerprint density at radius 2 is 1.85 bits per heavy atom. The van der Waals surface area contributed by atoms with E-state index in [1.165, 1.54) is 38.2 Å². The highest BCUT2D eigenvalue weighted by Crippen LogP contribution is 2.17. The van der Waals surface area contributed by atoms with Crippen LogP contribution in [-0.2, 0) is 26.0 Å². The van der Waals surface area contributed by atoms with E-state index in [0.29, 0.717) is 18.7 Å². The Hall–Kier alpha value is -2.65. The molecule has 0 atom stereocenters. The number of hydrogen-bond acceptors (Lipinski definition) is 5. The van der Waals surface area contributed by atoms with Crippen LogP contribution >= 0.6 is 0 Å². The second kappa shape index (κ2) is 8.63. The molecule has 2 N–H and O–H groups in total. The minimum Gasteiger partial charge on any atom is -0.469 e. The van der Waals surface area contributed by atoms with Gasteiger partial charge in [0.2, 0.25) is 21.8 Å². The van der Waals surface area contributed by atoms with Crippen LogP contribution in [-0.4, -0.2) is 44.7 Å². The molecule has 26 heavy (non-hydrogen) atoms. The van der Waals surface area contributed by atoms with Crippen molar-refractivity contribution in [2.24, 2.45) is 0 Å². The summed E-state index contributed by atoms with van der Waals surface area (Å²) in [5, 5.41) is 5.21. The van der Waals surface area contributed by atoms with Crippen LogP contribution in [0.4, 0.5) is 5.69 Å². The maximum absolute atomic E-state index is 12.5. The molecule has 2 amide bonds. The summed E-state index contributed by atoms with van der Waals surface area (Å²) in [5.74, 6) is 0.0898. The van der Waals surface area contributed by atoms with E-state index in [4.69, 9.17) is 4.42 Å². The molecule has 0 saturated heterocycles. The number of anilines is 1. The van der Waals surface area contributed by atoms with Gasteiger partial charge in [-0.3, -0.25) is 9.59 Å². The Balaban J connectivity index is 1.90. The van der Waals surface area contributed by atoms with Gasteiger partial charge in [0.15, 0.2) is 0 Å². The smallest absolute Gasteiger partial charge is 0.243 e. The van der Waals surface area contributed by atoms with E-state index in [1.807, 2.05) is 0 Å². The van der Waals surface area contributed by atoms with Crippen molar-refractivity contribution in [1.29, 1.82) is 0 Å². The molecule has 0 spiro atoms. The molecule has 0 saturated carbocycles. The predicted molar refractivity (Wildman–Crippen MR) is 96.0 cm³/mol. The van der Waals surface area contributed by atoms with E-state index in [-0.39, 0.29) is 17.3 Å². The van der Waals surface area contributed by atoms with Gasteiger partial charge in [-0.25, -0.2) is 8.42 Å². The summed E-state index contributed by atoms with van der Waals surface area (Å²) < 4.78 is 31.1. The van der Waals surface area contributed by atoms with Gasteiger partial charge >= 0.3 is 0 Å². The molecule has 0 aliphatic rings. The van der Waals surface area contributed by atoms with Crippen molar-refractivity contribution < 1.29 is 22.4 Å². The number of hydrogen-bond donors (Lipinski definition) is 2. The van der Waals surface area contributed by atoms with E-state index in [2.05, 4.69) is 10.6 Å². The van der Waals surface area contributed by atoms with Crippen molar-refractivity contribution in [1.82, 2.24) is 9.62 Å². The zero-order chi connectivity index (χ0) is 19.2. The number of nitrogens with zero attached hydrogens (tertiary/aromatic N) is 1. The van der Waals surface area contributed by atoms with E-state index >= 15 is 0 Å². The van der Waals surface area contributed by atoms with Crippen LogP contribution in [0.3, 0.4) is 0 Å². The van der Waals surface area contributed by atoms with Gasteiger partial charge in [0.05, 0.1) is 17.7 Å². The first-order chi connectivity index (χ1) is 12.3. The third-order valence-corrected chi connectivity index (χ3v) is 5.34. The molecule has 0 bridgehead atoms. The first kappa shape index (κ1) is 19.7. The van der Waals surface area contributed by atoms with Crippen molar-refractivity contribution in [3.63, 3.8) is 0 Å². The summed E-state index contributed by atoms with van der Waals surface area (Å²) in [6.45, 7) is 1.42. The number of carbonyl (C=O) groups is 2. The molecule has 0 unspecified atom stereocenters. The van der Waals surface area contributed by atoms with Gasteiger partial charge in [-0.2, -0.15) is 4.31 Å². The quantitative estimate of drug-likeness (QED) is 0.717. The fourth-order valence-electron chi connectivity index (χ4n) is 2.22. The van der Waals surface area contributed by atoms with Crippen LogP contribution in [0.25, 0.3) is 0 Å². The number of rotatable bonds is 8. The third-order valence-electron chi connectivity index (χ3n) is 3.52. The topological polar surface area (TPSA) is 109 Å². The van der Waals surface area contributed by atoms with Crippen molar-refractivity contribution >= 4 is 27.5 Å². The second-order valence-corrected chi connectivity index (χ2v) is 7.69. The number of benzene rings is 1. The second-order valence-electron chi connectivity index (χ2n) is 5.65. The van der Waals surface area contributed by atoms with E-state index in [0.717, 1.165) is 10.1 Å². The Bertz CT molecular complexity index is 845. The Morgan fingerprint density at radius 3 is 2.42 bits per heavy atom. The van der Waals surface area contributed by atoms with E-state index in [1.54, 1.807) is 18.4 Å². The van der Waals surface area contributed by atoms with Crippen molar-refractivity contribution in [2.75, 3.05) is 25.5 Å². The average molecular weight is 379 g/mol. The number of sulfonamides is 1. The first-order valence-corrected chi connectivity index (χ1v) is 9.36. The number of likely N-dealkylation sites (N-methyl/N-ethyl adjacent to an activating group) is 1. The van der Waals surface area contributed by atoms with Gasteiger partial charge < -0.3 is 15.1 Å². The van der Waals surface area contributed by atoms with Crippen LogP contribution in [0.2, 0.25) is 0 Å². The molecule has 0 aliphatic heterocycles. The molecule has 2 aromatic rings. The molecular formula is C17H21N3O5S. The lowest BCUT2D eigenvalue weighted by atomic mass is 10.3. The van der Waals surface area contributed by atoms with Crippen LogP contribution in [0, 0.1) is 0 Å². The van der Waals surface area contributed by atoms with Crippen LogP contribution in [0.15, 0.2) is 52.0 Å². The SMILES string of the molecule is CC(=O)Nc1ccc(S(=O)(=O)N(C)CC(=O)NCCc2ccco2)cc1. The molecule has 1 aromatic carbocycles. The summed E-state index contributed by atoms with van der Waals surface area (Å²) in [6, 6.07) is 9.30. The number of furan rings is 1. The zero-order valence-corrected chi connectivity index (χ0v) is 15.4. The van der Waals surface area contributed by atoms with Crippen LogP contribution in [0.5, 0.6) is 0 Å². The third kappa shape index (κ3) is 5.43. The Morgan fingerprint density at radius 1 is 1.15 bits per heavy atom. The maximum atomic E-state index is 12.5. The van der Waals surface area contributed by atoms with Gasteiger partial charge in [-0.15, -0.1) is 0 Å². The van der Waals surface area contributed by atoms with Crippen LogP contribution < -0.4 is 10.6 Å². The van der Waals surface area contributed by atoms with Gasteiger partial charge in [-0.1, -0.05) is 0 Å². The molecule has 0 fully saturated rings. The van der Waals surface area contributed by atoms with Gasteiger partial charge in [0, 0.05) is 32.6 Å². The lowest BCUT2D eigenvalue weighted by Crippen LogP contribution is -2.39. The molecule has 8 nitrogen and oxygen atoms in total. The normalized spacial score (nSPS) is 11.3. The van der Waals surface area contributed by atoms with Crippen LogP contribution in [0.1, 0.15) is 12.7 Å². The Labute approximate surface area is 152 Å². The molecule has 2 rings (SSSR count). The summed E-state index contributed by atoms with van der Waals surface area (Å²) >= 11 is 0. The van der Waals surface area contributed by atoms with Gasteiger partial charge in [0.1, 0.15) is 5.76 Å². The molecular weight excluding hydrogens is 358 g/mol. The van der Waals surface area contributed by atoms with Crippen molar-refractivity contribution in [3.05, 3.63) is 48.4 Å². The first-order valence-electron chi connectivity index (χ1n) is 7.92. The molecule has 0 radical (unpaired) electrons. The van der Waals surface area contributed by atoms with Crippen molar-refractivity contribution in [3.8, 4) is 0 Å². The lowest BCUT2D eigenvalue weighted by molar-refractivity contribution is -0.121. The largest absolute Gasteiger partial charge is 0.469 e. The highest BCUT2D eigenvalue weighted by Gasteiger charge is 2.22. The fourth-order valence-corrected chi connectivity index (χ4v) is 3.34. The number of amides is 2. The summed E-state index contributed by atoms with van der Waals surface area (Å²) in [7, 11) is -2.47. The number of carbonyl (C=O) groups excluding carboxylic acids is 2. The van der Waals surface area contributed by atoms with Crippen molar-refractivity contribution in [2.45, 2.75) is 18.2 Å². The van der Waals surface area contributed by atoms with E-state index in [9.17, 15) is 18.0 Å². The van der Waals surface area contributed by atoms with Gasteiger partial charge in [0.25, 0.3) is 0 Å². The van der Waals surface area contributed by atoms with E-state index < -0.39 is 15.9 Å². The molecule has 1 aromatic heterocycles. The minimum absolute atomic E-state index is 0.0393. The highest BCUT2D eigenvalue weighted by atomic mass is 32.2. The zero-order valence-electron chi connectivity index (χ0n) is 14.6. The maximum Gasteiger partial charge on any atom is 0.243 e. The summed E-state index contributed by atoms with van der Waals surface area (Å²) in [5.41, 5.74) is 0.495. The molecule has 1 heterocycles. The monoisotopic (exact) mass is 379 g/mol. The lowest BCUT2D eigenvalue weighted by Gasteiger charge is -2.17. The molecule has 0 aliphatic carbocycles. The summed E-state index contributed by atoms with van der Waals surface area (Å²) in [4.78, 5) is 23.0. The number of nitrogens with one attached hydrogen (secondary N) is 2. The Kier molecular flexibility index (Phi) is 6.53. The standard InChI is InChI=1S/C17H21N3O5S/c1-13(21)19-14-5-7-16(8-6-14)26(23,24)20(2)12-17(22)18-10-9-15-4-3-11-25-15/h3-8,11H,9-10,12H2,1-2H3,(H,18,22)(H,19,21). The molecule has 9 heteroatoms. The van der Waals surface area contributed by atoms with Gasteiger partial charge in [-0.05, 0) is 36.4 Å². The highest BCUT2D eigenvalue weighted by molar-refractivity contribution is 7.89. The summed E-state index contributed by atoms with van der Waals surface area (Å²) in [6.07, 6.45) is 2.08. The average Bonchev–Trinajstić information content (AvgIpc) is 3.08.